The number of carbonyl (C=O) groups excluding carboxylic acids is 2. The molecule has 2 N–H and O–H groups in total. The van der Waals surface area contributed by atoms with Crippen molar-refractivity contribution < 1.29 is 14.3 Å². The molecular formula is C27H30N4O3S. The zero-order valence-corrected chi connectivity index (χ0v) is 20.6. The van der Waals surface area contributed by atoms with Crippen molar-refractivity contribution in [3.63, 3.8) is 0 Å². The predicted octanol–water partition coefficient (Wildman–Crippen LogP) is 5.23. The van der Waals surface area contributed by atoms with Gasteiger partial charge in [0.2, 0.25) is 5.91 Å². The normalized spacial score (nSPS) is 19.3. The van der Waals surface area contributed by atoms with E-state index in [9.17, 15) is 9.59 Å². The number of rotatable bonds is 6. The number of carbonyl (C=O) groups is 2. The number of methoxy groups -OCH3 is 1. The molecular weight excluding hydrogens is 460 g/mol. The third-order valence-corrected chi connectivity index (χ3v) is 7.41. The predicted molar refractivity (Wildman–Crippen MR) is 142 cm³/mol. The fourth-order valence-electron chi connectivity index (χ4n) is 5.29. The summed E-state index contributed by atoms with van der Waals surface area (Å²) in [5.41, 5.74) is 2.26. The minimum absolute atomic E-state index is 0.0316. The van der Waals surface area contributed by atoms with Crippen LogP contribution in [-0.4, -0.2) is 46.0 Å². The molecule has 1 aromatic heterocycles. The van der Waals surface area contributed by atoms with Gasteiger partial charge >= 0.3 is 0 Å². The average molecular weight is 491 g/mol. The number of ether oxygens (including phenoxy) is 1. The largest absolute Gasteiger partial charge is 0.495 e. The van der Waals surface area contributed by atoms with Crippen LogP contribution in [0.15, 0.2) is 54.7 Å². The van der Waals surface area contributed by atoms with Gasteiger partial charge in [0, 0.05) is 23.4 Å². The molecule has 35 heavy (non-hydrogen) atoms. The van der Waals surface area contributed by atoms with E-state index in [4.69, 9.17) is 17.0 Å². The van der Waals surface area contributed by atoms with Gasteiger partial charge < -0.3 is 19.9 Å². The molecule has 2 heterocycles. The maximum Gasteiger partial charge on any atom is 0.256 e. The molecule has 1 unspecified atom stereocenters. The van der Waals surface area contributed by atoms with Crippen LogP contribution >= 0.6 is 12.2 Å². The van der Waals surface area contributed by atoms with E-state index < -0.39 is 6.04 Å². The highest BCUT2D eigenvalue weighted by atomic mass is 32.1. The van der Waals surface area contributed by atoms with Crippen LogP contribution < -0.4 is 15.0 Å². The van der Waals surface area contributed by atoms with Gasteiger partial charge in [-0.1, -0.05) is 43.9 Å². The fraction of sp³-hybridized carbons (Fsp3) is 0.370. The zero-order chi connectivity index (χ0) is 24.4. The molecule has 1 saturated heterocycles. The number of hydrogen-bond acceptors (Lipinski definition) is 4. The summed E-state index contributed by atoms with van der Waals surface area (Å²) in [6.07, 6.45) is 8.41. The third-order valence-electron chi connectivity index (χ3n) is 7.02. The SMILES string of the molecule is COc1ccccc1N1C(=O)C(CC(=O)Nc2ccc3cc[nH]c3c2)N(C2CCCCCC2)C1=S. The Hall–Kier alpha value is -3.39. The van der Waals surface area contributed by atoms with E-state index in [1.54, 1.807) is 12.0 Å². The first-order valence-electron chi connectivity index (χ1n) is 12.2. The smallest absolute Gasteiger partial charge is 0.256 e. The quantitative estimate of drug-likeness (QED) is 0.365. The van der Waals surface area contributed by atoms with Gasteiger partial charge in [-0.2, -0.15) is 0 Å². The first kappa shape index (κ1) is 23.4. The van der Waals surface area contributed by atoms with Crippen molar-refractivity contribution in [1.82, 2.24) is 9.88 Å². The van der Waals surface area contributed by atoms with Crippen LogP contribution in [0.4, 0.5) is 11.4 Å². The number of benzene rings is 2. The van der Waals surface area contributed by atoms with Gasteiger partial charge in [0.05, 0.1) is 19.2 Å². The van der Waals surface area contributed by atoms with Crippen molar-refractivity contribution in [3.8, 4) is 5.75 Å². The Morgan fingerprint density at radius 3 is 2.66 bits per heavy atom. The summed E-state index contributed by atoms with van der Waals surface area (Å²) >= 11 is 5.90. The van der Waals surface area contributed by atoms with Crippen LogP contribution in [0.1, 0.15) is 44.9 Å². The number of hydrogen-bond donors (Lipinski definition) is 2. The lowest BCUT2D eigenvalue weighted by Gasteiger charge is -2.32. The van der Waals surface area contributed by atoms with E-state index in [0.29, 0.717) is 22.2 Å². The third kappa shape index (κ3) is 4.62. The average Bonchev–Trinajstić information content (AvgIpc) is 3.29. The van der Waals surface area contributed by atoms with Crippen LogP contribution in [0.5, 0.6) is 5.75 Å². The van der Waals surface area contributed by atoms with Crippen LogP contribution in [0.25, 0.3) is 10.9 Å². The van der Waals surface area contributed by atoms with Crippen LogP contribution in [-0.2, 0) is 9.59 Å². The van der Waals surface area contributed by atoms with Gasteiger partial charge in [0.1, 0.15) is 11.8 Å². The summed E-state index contributed by atoms with van der Waals surface area (Å²) in [6.45, 7) is 0. The van der Waals surface area contributed by atoms with E-state index in [2.05, 4.69) is 10.3 Å². The molecule has 182 valence electrons. The fourth-order valence-corrected chi connectivity index (χ4v) is 5.76. The highest BCUT2D eigenvalue weighted by molar-refractivity contribution is 7.80. The number of fused-ring (bicyclic) bond motifs is 1. The van der Waals surface area contributed by atoms with Crippen LogP contribution in [0, 0.1) is 0 Å². The lowest BCUT2D eigenvalue weighted by molar-refractivity contribution is -0.125. The Morgan fingerprint density at radius 1 is 1.11 bits per heavy atom. The van der Waals surface area contributed by atoms with Crippen molar-refractivity contribution in [1.29, 1.82) is 0 Å². The van der Waals surface area contributed by atoms with E-state index in [1.165, 1.54) is 12.8 Å². The molecule has 3 aromatic rings. The molecule has 1 aliphatic carbocycles. The first-order chi connectivity index (χ1) is 17.1. The second-order valence-corrected chi connectivity index (χ2v) is 9.59. The lowest BCUT2D eigenvalue weighted by Crippen LogP contribution is -2.44. The van der Waals surface area contributed by atoms with Crippen LogP contribution in [0.3, 0.4) is 0 Å². The molecule has 2 amide bonds. The highest BCUT2D eigenvalue weighted by Crippen LogP contribution is 2.37. The molecule has 0 radical (unpaired) electrons. The molecule has 5 rings (SSSR count). The molecule has 2 aliphatic rings. The Morgan fingerprint density at radius 2 is 1.89 bits per heavy atom. The van der Waals surface area contributed by atoms with Gasteiger partial charge in [-0.15, -0.1) is 0 Å². The molecule has 0 spiro atoms. The molecule has 1 aliphatic heterocycles. The molecule has 1 atom stereocenters. The van der Waals surface area contributed by atoms with Crippen molar-refractivity contribution in [2.24, 2.45) is 0 Å². The number of nitrogens with zero attached hydrogens (tertiary/aromatic N) is 2. The molecule has 8 heteroatoms. The second kappa shape index (κ2) is 10.1. The maximum atomic E-state index is 13.8. The number of aromatic amines is 1. The monoisotopic (exact) mass is 490 g/mol. The molecule has 0 bridgehead atoms. The Labute approximate surface area is 210 Å². The Kier molecular flexibility index (Phi) is 6.72. The second-order valence-electron chi connectivity index (χ2n) is 9.23. The zero-order valence-electron chi connectivity index (χ0n) is 19.8. The van der Waals surface area contributed by atoms with Crippen molar-refractivity contribution in [2.75, 3.05) is 17.3 Å². The number of nitrogens with one attached hydrogen (secondary N) is 2. The molecule has 2 fully saturated rings. The van der Waals surface area contributed by atoms with Gasteiger partial charge in [-0.05, 0) is 60.8 Å². The summed E-state index contributed by atoms with van der Waals surface area (Å²) in [4.78, 5) is 33.7. The highest BCUT2D eigenvalue weighted by Gasteiger charge is 2.47. The minimum Gasteiger partial charge on any atom is -0.495 e. The van der Waals surface area contributed by atoms with E-state index in [-0.39, 0.29) is 24.3 Å². The van der Waals surface area contributed by atoms with Gasteiger partial charge in [0.25, 0.3) is 5.91 Å². The summed E-state index contributed by atoms with van der Waals surface area (Å²) in [6, 6.07) is 14.6. The van der Waals surface area contributed by atoms with E-state index in [1.807, 2.05) is 59.6 Å². The number of para-hydroxylation sites is 2. The Balaban J connectivity index is 1.42. The topological polar surface area (TPSA) is 77.7 Å². The number of aromatic nitrogens is 1. The summed E-state index contributed by atoms with van der Waals surface area (Å²) in [7, 11) is 1.58. The molecule has 7 nitrogen and oxygen atoms in total. The van der Waals surface area contributed by atoms with Crippen molar-refractivity contribution >= 4 is 51.4 Å². The summed E-state index contributed by atoms with van der Waals surface area (Å²) in [5, 5.41) is 4.51. The lowest BCUT2D eigenvalue weighted by atomic mass is 10.0. The van der Waals surface area contributed by atoms with Crippen molar-refractivity contribution in [3.05, 3.63) is 54.7 Å². The van der Waals surface area contributed by atoms with Gasteiger partial charge in [-0.25, -0.2) is 0 Å². The number of amides is 2. The number of thiocarbonyl (C=S) groups is 1. The molecule has 2 aromatic carbocycles. The van der Waals surface area contributed by atoms with Crippen LogP contribution in [0.2, 0.25) is 0 Å². The van der Waals surface area contributed by atoms with Gasteiger partial charge in [-0.3, -0.25) is 14.5 Å². The number of anilines is 2. The minimum atomic E-state index is -0.648. The summed E-state index contributed by atoms with van der Waals surface area (Å²) < 4.78 is 5.52. The summed E-state index contributed by atoms with van der Waals surface area (Å²) in [5.74, 6) is 0.185. The molecule has 1 saturated carbocycles. The number of H-pyrrole nitrogens is 1. The Bertz CT molecular complexity index is 1250. The van der Waals surface area contributed by atoms with E-state index >= 15 is 0 Å². The standard InChI is InChI=1S/C27H30N4O3S/c1-34-24-11-7-6-10-22(24)31-26(33)23(30(27(31)35)20-8-4-2-3-5-9-20)17-25(32)29-19-13-12-18-14-15-28-21(18)16-19/h6-7,10-16,20,23,28H,2-5,8-9,17H2,1H3,(H,29,32). The van der Waals surface area contributed by atoms with E-state index in [0.717, 1.165) is 36.6 Å². The first-order valence-corrected chi connectivity index (χ1v) is 12.6. The maximum absolute atomic E-state index is 13.8. The van der Waals surface area contributed by atoms with Gasteiger partial charge in [0.15, 0.2) is 5.11 Å². The van der Waals surface area contributed by atoms with Crippen molar-refractivity contribution in [2.45, 2.75) is 57.0 Å².